The second kappa shape index (κ2) is 7.08. The molecule has 0 bridgehead atoms. The number of fused-ring (bicyclic) bond motifs is 1. The van der Waals surface area contributed by atoms with Crippen LogP contribution in [0.15, 0.2) is 42.7 Å². The van der Waals surface area contributed by atoms with Crippen molar-refractivity contribution in [3.63, 3.8) is 0 Å². The summed E-state index contributed by atoms with van der Waals surface area (Å²) in [6.07, 6.45) is 3.38. The molecule has 3 N–H and O–H groups in total. The van der Waals surface area contributed by atoms with Gasteiger partial charge in [0, 0.05) is 37.6 Å². The molecule has 0 aliphatic carbocycles. The molecule has 1 aliphatic rings. The van der Waals surface area contributed by atoms with Crippen LogP contribution in [0.25, 0.3) is 0 Å². The van der Waals surface area contributed by atoms with Crippen LogP contribution in [0, 0.1) is 5.82 Å². The maximum atomic E-state index is 13.5. The molecule has 6 nitrogen and oxygen atoms in total. The summed E-state index contributed by atoms with van der Waals surface area (Å²) >= 11 is 0. The Morgan fingerprint density at radius 1 is 1.33 bits per heavy atom. The van der Waals surface area contributed by atoms with Crippen molar-refractivity contribution < 1.29 is 14.0 Å². The SMILES string of the molecule is O=C1C[C@@H](C(=O)NCCNc2cccnc2)c2cc(F)ccc2N1. The molecule has 0 unspecified atom stereocenters. The predicted molar refractivity (Wildman–Crippen MR) is 88.1 cm³/mol. The van der Waals surface area contributed by atoms with Gasteiger partial charge in [0.25, 0.3) is 0 Å². The van der Waals surface area contributed by atoms with Crippen LogP contribution in [-0.2, 0) is 9.59 Å². The number of hydrogen-bond donors (Lipinski definition) is 3. The number of carbonyl (C=O) groups excluding carboxylic acids is 2. The van der Waals surface area contributed by atoms with E-state index in [9.17, 15) is 14.0 Å². The van der Waals surface area contributed by atoms with E-state index in [-0.39, 0.29) is 18.2 Å². The highest BCUT2D eigenvalue weighted by Crippen LogP contribution is 2.32. The molecule has 1 atom stereocenters. The number of amides is 2. The van der Waals surface area contributed by atoms with Crippen molar-refractivity contribution in [3.05, 3.63) is 54.1 Å². The monoisotopic (exact) mass is 328 g/mol. The van der Waals surface area contributed by atoms with E-state index >= 15 is 0 Å². The highest BCUT2D eigenvalue weighted by Gasteiger charge is 2.30. The van der Waals surface area contributed by atoms with E-state index in [1.54, 1.807) is 12.4 Å². The molecule has 1 aromatic heterocycles. The Labute approximate surface area is 138 Å². The summed E-state index contributed by atoms with van der Waals surface area (Å²) < 4.78 is 13.5. The molecule has 7 heteroatoms. The van der Waals surface area contributed by atoms with Gasteiger partial charge in [0.2, 0.25) is 11.8 Å². The summed E-state index contributed by atoms with van der Waals surface area (Å²) in [4.78, 5) is 28.1. The molecule has 3 rings (SSSR count). The van der Waals surface area contributed by atoms with Crippen molar-refractivity contribution in [2.75, 3.05) is 23.7 Å². The summed E-state index contributed by atoms with van der Waals surface area (Å²) in [6.45, 7) is 0.906. The number of pyridine rings is 1. The van der Waals surface area contributed by atoms with Gasteiger partial charge < -0.3 is 16.0 Å². The summed E-state index contributed by atoms with van der Waals surface area (Å²) in [5, 5.41) is 8.56. The van der Waals surface area contributed by atoms with Crippen LogP contribution in [0.1, 0.15) is 17.9 Å². The van der Waals surface area contributed by atoms with Gasteiger partial charge in [-0.3, -0.25) is 14.6 Å². The first-order chi connectivity index (χ1) is 11.6. The molecule has 1 aromatic carbocycles. The Kier molecular flexibility index (Phi) is 4.69. The second-order valence-electron chi connectivity index (χ2n) is 5.50. The third-order valence-corrected chi connectivity index (χ3v) is 3.78. The van der Waals surface area contributed by atoms with Gasteiger partial charge in [-0.25, -0.2) is 4.39 Å². The molecule has 2 amide bonds. The fourth-order valence-electron chi connectivity index (χ4n) is 2.65. The first-order valence-corrected chi connectivity index (χ1v) is 7.64. The van der Waals surface area contributed by atoms with E-state index in [1.807, 2.05) is 12.1 Å². The topological polar surface area (TPSA) is 83.1 Å². The van der Waals surface area contributed by atoms with E-state index < -0.39 is 11.7 Å². The van der Waals surface area contributed by atoms with Gasteiger partial charge in [0.05, 0.1) is 11.6 Å². The number of rotatable bonds is 5. The molecule has 0 saturated carbocycles. The number of anilines is 2. The molecule has 24 heavy (non-hydrogen) atoms. The Hall–Kier alpha value is -2.96. The molecule has 2 aromatic rings. The number of aromatic nitrogens is 1. The van der Waals surface area contributed by atoms with Crippen molar-refractivity contribution in [1.29, 1.82) is 0 Å². The lowest BCUT2D eigenvalue weighted by molar-refractivity contribution is -0.126. The van der Waals surface area contributed by atoms with Crippen molar-refractivity contribution in [3.8, 4) is 0 Å². The number of halogens is 1. The summed E-state index contributed by atoms with van der Waals surface area (Å²) in [6, 6.07) is 7.72. The van der Waals surface area contributed by atoms with Crippen LogP contribution < -0.4 is 16.0 Å². The fraction of sp³-hybridized carbons (Fsp3) is 0.235. The second-order valence-corrected chi connectivity index (χ2v) is 5.50. The van der Waals surface area contributed by atoms with Gasteiger partial charge in [0.1, 0.15) is 5.82 Å². The lowest BCUT2D eigenvalue weighted by Gasteiger charge is -2.25. The lowest BCUT2D eigenvalue weighted by atomic mass is 9.89. The molecular formula is C17H17FN4O2. The van der Waals surface area contributed by atoms with Crippen LogP contribution in [0.4, 0.5) is 15.8 Å². The number of nitrogens with one attached hydrogen (secondary N) is 3. The maximum Gasteiger partial charge on any atom is 0.228 e. The van der Waals surface area contributed by atoms with Crippen molar-refractivity contribution in [1.82, 2.24) is 10.3 Å². The van der Waals surface area contributed by atoms with Gasteiger partial charge in [-0.15, -0.1) is 0 Å². The lowest BCUT2D eigenvalue weighted by Crippen LogP contribution is -2.37. The first-order valence-electron chi connectivity index (χ1n) is 7.64. The zero-order chi connectivity index (χ0) is 16.9. The van der Waals surface area contributed by atoms with Crippen LogP contribution in [-0.4, -0.2) is 29.9 Å². The molecule has 124 valence electrons. The van der Waals surface area contributed by atoms with E-state index in [0.717, 1.165) is 5.69 Å². The number of hydrogen-bond acceptors (Lipinski definition) is 4. The number of carbonyl (C=O) groups is 2. The molecule has 0 saturated heterocycles. The predicted octanol–water partition coefficient (Wildman–Crippen LogP) is 1.87. The van der Waals surface area contributed by atoms with Crippen molar-refractivity contribution >= 4 is 23.2 Å². The zero-order valence-corrected chi connectivity index (χ0v) is 12.9. The minimum Gasteiger partial charge on any atom is -0.382 e. The summed E-state index contributed by atoms with van der Waals surface area (Å²) in [5.41, 5.74) is 1.85. The average molecular weight is 328 g/mol. The van der Waals surface area contributed by atoms with Crippen LogP contribution in [0.2, 0.25) is 0 Å². The van der Waals surface area contributed by atoms with Crippen LogP contribution >= 0.6 is 0 Å². The molecule has 0 spiro atoms. The fourth-order valence-corrected chi connectivity index (χ4v) is 2.65. The van der Waals surface area contributed by atoms with Crippen LogP contribution in [0.3, 0.4) is 0 Å². The standard InChI is InChI=1S/C17H17FN4O2/c18-11-3-4-15-13(8-11)14(9-16(23)22-15)17(24)21-7-6-20-12-2-1-5-19-10-12/h1-5,8,10,14,20H,6-7,9H2,(H,21,24)(H,22,23)/t14-/m1/s1. The molecule has 0 radical (unpaired) electrons. The van der Waals surface area contributed by atoms with E-state index in [1.165, 1.54) is 18.2 Å². The Morgan fingerprint density at radius 2 is 2.21 bits per heavy atom. The highest BCUT2D eigenvalue weighted by atomic mass is 19.1. The maximum absolute atomic E-state index is 13.5. The van der Waals surface area contributed by atoms with E-state index in [4.69, 9.17) is 0 Å². The minimum atomic E-state index is -0.678. The third kappa shape index (κ3) is 3.68. The Morgan fingerprint density at radius 3 is 3.00 bits per heavy atom. The van der Waals surface area contributed by atoms with Gasteiger partial charge in [-0.1, -0.05) is 0 Å². The molecule has 0 fully saturated rings. The van der Waals surface area contributed by atoms with Crippen molar-refractivity contribution in [2.24, 2.45) is 0 Å². The Bertz CT molecular complexity index is 752. The largest absolute Gasteiger partial charge is 0.382 e. The van der Waals surface area contributed by atoms with E-state index in [2.05, 4.69) is 20.9 Å². The van der Waals surface area contributed by atoms with Gasteiger partial charge in [0.15, 0.2) is 0 Å². The van der Waals surface area contributed by atoms with Gasteiger partial charge in [-0.05, 0) is 35.9 Å². The molecule has 2 heterocycles. The number of nitrogens with zero attached hydrogens (tertiary/aromatic N) is 1. The van der Waals surface area contributed by atoms with E-state index in [0.29, 0.717) is 24.3 Å². The summed E-state index contributed by atoms with van der Waals surface area (Å²) in [7, 11) is 0. The Balaban J connectivity index is 1.59. The smallest absolute Gasteiger partial charge is 0.228 e. The number of benzene rings is 1. The summed E-state index contributed by atoms with van der Waals surface area (Å²) in [5.74, 6) is -1.64. The van der Waals surface area contributed by atoms with Crippen LogP contribution in [0.5, 0.6) is 0 Å². The minimum absolute atomic E-state index is 0.0122. The quantitative estimate of drug-likeness (QED) is 0.732. The zero-order valence-electron chi connectivity index (χ0n) is 12.9. The van der Waals surface area contributed by atoms with Crippen molar-refractivity contribution in [2.45, 2.75) is 12.3 Å². The normalized spacial score (nSPS) is 16.0. The van der Waals surface area contributed by atoms with Gasteiger partial charge in [-0.2, -0.15) is 0 Å². The van der Waals surface area contributed by atoms with Gasteiger partial charge >= 0.3 is 0 Å². The average Bonchev–Trinajstić information content (AvgIpc) is 2.59. The highest BCUT2D eigenvalue weighted by molar-refractivity contribution is 6.01. The molecule has 1 aliphatic heterocycles. The molecular weight excluding hydrogens is 311 g/mol. The third-order valence-electron chi connectivity index (χ3n) is 3.78. The first kappa shape index (κ1) is 15.9.